The molecule has 82 valence electrons. The van der Waals surface area contributed by atoms with Crippen molar-refractivity contribution in [2.75, 3.05) is 6.54 Å². The molecule has 0 unspecified atom stereocenters. The zero-order valence-electron chi connectivity index (χ0n) is 8.59. The second-order valence-electron chi connectivity index (χ2n) is 3.39. The molecule has 0 aliphatic rings. The molecule has 0 spiro atoms. The minimum atomic E-state index is -0.835. The number of hydrogen-bond acceptors (Lipinski definition) is 2. The number of nitrogens with one attached hydrogen (secondary N) is 1. The van der Waals surface area contributed by atoms with Gasteiger partial charge in [0.2, 0.25) is 0 Å². The summed E-state index contributed by atoms with van der Waals surface area (Å²) in [7, 11) is 0. The SMILES string of the molecule is Cc1ccc(F)cc1CNCCC(=O)O. The van der Waals surface area contributed by atoms with Gasteiger partial charge in [0.05, 0.1) is 6.42 Å². The van der Waals surface area contributed by atoms with Crippen LogP contribution in [0, 0.1) is 12.7 Å². The molecule has 0 aliphatic carbocycles. The number of aliphatic carboxylic acids is 1. The quantitative estimate of drug-likeness (QED) is 0.729. The lowest BCUT2D eigenvalue weighted by molar-refractivity contribution is -0.136. The first kappa shape index (κ1) is 11.7. The zero-order chi connectivity index (χ0) is 11.3. The number of aryl methyl sites for hydroxylation is 1. The predicted octanol–water partition coefficient (Wildman–Crippen LogP) is 1.70. The maximum absolute atomic E-state index is 12.9. The van der Waals surface area contributed by atoms with E-state index in [-0.39, 0.29) is 12.2 Å². The Kier molecular flexibility index (Phi) is 4.24. The van der Waals surface area contributed by atoms with Gasteiger partial charge >= 0.3 is 5.97 Å². The van der Waals surface area contributed by atoms with Crippen LogP contribution in [0.15, 0.2) is 18.2 Å². The summed E-state index contributed by atoms with van der Waals surface area (Å²) < 4.78 is 12.9. The lowest BCUT2D eigenvalue weighted by Gasteiger charge is -2.06. The first-order valence-corrected chi connectivity index (χ1v) is 4.77. The highest BCUT2D eigenvalue weighted by atomic mass is 19.1. The molecule has 0 radical (unpaired) electrons. The van der Waals surface area contributed by atoms with Gasteiger partial charge in [-0.25, -0.2) is 4.39 Å². The number of carboxylic acids is 1. The van der Waals surface area contributed by atoms with Crippen LogP contribution >= 0.6 is 0 Å². The van der Waals surface area contributed by atoms with Crippen molar-refractivity contribution in [3.05, 3.63) is 35.1 Å². The minimum absolute atomic E-state index is 0.0777. The Morgan fingerprint density at radius 2 is 2.27 bits per heavy atom. The third kappa shape index (κ3) is 4.08. The average molecular weight is 211 g/mol. The van der Waals surface area contributed by atoms with Crippen LogP contribution in [-0.2, 0) is 11.3 Å². The standard InChI is InChI=1S/C11H14FNO2/c1-8-2-3-10(12)6-9(8)7-13-5-4-11(14)15/h2-3,6,13H,4-5,7H2,1H3,(H,14,15). The molecule has 15 heavy (non-hydrogen) atoms. The van der Waals surface area contributed by atoms with E-state index in [1.807, 2.05) is 6.92 Å². The molecule has 1 aromatic rings. The molecule has 0 bridgehead atoms. The summed E-state index contributed by atoms with van der Waals surface area (Å²) in [6.45, 7) is 2.79. The van der Waals surface area contributed by atoms with E-state index in [0.717, 1.165) is 11.1 Å². The van der Waals surface area contributed by atoms with Gasteiger partial charge < -0.3 is 10.4 Å². The number of hydrogen-bond donors (Lipinski definition) is 2. The van der Waals surface area contributed by atoms with Crippen LogP contribution in [0.5, 0.6) is 0 Å². The van der Waals surface area contributed by atoms with E-state index in [9.17, 15) is 9.18 Å². The minimum Gasteiger partial charge on any atom is -0.481 e. The number of benzene rings is 1. The van der Waals surface area contributed by atoms with E-state index >= 15 is 0 Å². The number of rotatable bonds is 5. The van der Waals surface area contributed by atoms with Crippen molar-refractivity contribution in [2.24, 2.45) is 0 Å². The monoisotopic (exact) mass is 211 g/mol. The van der Waals surface area contributed by atoms with Gasteiger partial charge in [-0.05, 0) is 30.2 Å². The van der Waals surface area contributed by atoms with E-state index < -0.39 is 5.97 Å². The molecular formula is C11H14FNO2. The highest BCUT2D eigenvalue weighted by Gasteiger charge is 2.01. The van der Waals surface area contributed by atoms with Crippen molar-refractivity contribution in [1.29, 1.82) is 0 Å². The summed E-state index contributed by atoms with van der Waals surface area (Å²) >= 11 is 0. The summed E-state index contributed by atoms with van der Waals surface area (Å²) in [5, 5.41) is 11.4. The van der Waals surface area contributed by atoms with Gasteiger partial charge in [-0.15, -0.1) is 0 Å². The Balaban J connectivity index is 2.43. The van der Waals surface area contributed by atoms with Crippen LogP contribution in [0.4, 0.5) is 4.39 Å². The molecule has 2 N–H and O–H groups in total. The fraction of sp³-hybridized carbons (Fsp3) is 0.364. The van der Waals surface area contributed by atoms with Crippen LogP contribution in [0.2, 0.25) is 0 Å². The Morgan fingerprint density at radius 3 is 2.93 bits per heavy atom. The molecule has 0 aliphatic heterocycles. The normalized spacial score (nSPS) is 10.3. The van der Waals surface area contributed by atoms with E-state index in [2.05, 4.69) is 5.32 Å². The highest BCUT2D eigenvalue weighted by Crippen LogP contribution is 2.09. The van der Waals surface area contributed by atoms with Crippen molar-refractivity contribution < 1.29 is 14.3 Å². The van der Waals surface area contributed by atoms with Crippen LogP contribution in [0.1, 0.15) is 17.5 Å². The molecule has 0 saturated carbocycles. The second kappa shape index (κ2) is 5.46. The van der Waals surface area contributed by atoms with Crippen molar-refractivity contribution in [3.63, 3.8) is 0 Å². The summed E-state index contributed by atoms with van der Waals surface area (Å²) in [5.41, 5.74) is 1.86. The molecule has 0 heterocycles. The number of carbonyl (C=O) groups is 1. The van der Waals surface area contributed by atoms with E-state index in [4.69, 9.17) is 5.11 Å². The lowest BCUT2D eigenvalue weighted by Crippen LogP contribution is -2.18. The fourth-order valence-corrected chi connectivity index (χ4v) is 1.25. The molecule has 0 atom stereocenters. The molecule has 3 nitrogen and oxygen atoms in total. The van der Waals surface area contributed by atoms with Crippen molar-refractivity contribution in [3.8, 4) is 0 Å². The fourth-order valence-electron chi connectivity index (χ4n) is 1.25. The third-order valence-corrected chi connectivity index (χ3v) is 2.14. The van der Waals surface area contributed by atoms with Gasteiger partial charge in [0, 0.05) is 13.1 Å². The maximum atomic E-state index is 12.9. The predicted molar refractivity (Wildman–Crippen MR) is 55.1 cm³/mol. The van der Waals surface area contributed by atoms with Gasteiger partial charge in [0.1, 0.15) is 5.82 Å². The van der Waals surface area contributed by atoms with Gasteiger partial charge in [0.15, 0.2) is 0 Å². The first-order valence-electron chi connectivity index (χ1n) is 4.77. The van der Waals surface area contributed by atoms with Gasteiger partial charge in [-0.3, -0.25) is 4.79 Å². The maximum Gasteiger partial charge on any atom is 0.304 e. The van der Waals surface area contributed by atoms with E-state index in [0.29, 0.717) is 13.1 Å². The van der Waals surface area contributed by atoms with Gasteiger partial charge in [-0.1, -0.05) is 6.07 Å². The largest absolute Gasteiger partial charge is 0.481 e. The van der Waals surface area contributed by atoms with Crippen LogP contribution < -0.4 is 5.32 Å². The highest BCUT2D eigenvalue weighted by molar-refractivity contribution is 5.66. The number of halogens is 1. The Hall–Kier alpha value is -1.42. The molecule has 1 rings (SSSR count). The topological polar surface area (TPSA) is 49.3 Å². The van der Waals surface area contributed by atoms with E-state index in [1.165, 1.54) is 12.1 Å². The van der Waals surface area contributed by atoms with Gasteiger partial charge in [-0.2, -0.15) is 0 Å². The summed E-state index contributed by atoms with van der Waals surface area (Å²) in [6, 6.07) is 4.59. The molecule has 0 saturated heterocycles. The van der Waals surface area contributed by atoms with E-state index in [1.54, 1.807) is 6.07 Å². The zero-order valence-corrected chi connectivity index (χ0v) is 8.59. The average Bonchev–Trinajstić information content (AvgIpc) is 2.17. The molecule has 0 amide bonds. The van der Waals surface area contributed by atoms with Crippen molar-refractivity contribution in [2.45, 2.75) is 19.9 Å². The third-order valence-electron chi connectivity index (χ3n) is 2.14. The smallest absolute Gasteiger partial charge is 0.304 e. The number of carboxylic acid groups (broad SMARTS) is 1. The molecule has 0 aromatic heterocycles. The summed E-state index contributed by atoms with van der Waals surface area (Å²) in [4.78, 5) is 10.2. The Labute approximate surface area is 87.9 Å². The van der Waals surface area contributed by atoms with Crippen LogP contribution in [0.3, 0.4) is 0 Å². The molecule has 4 heteroatoms. The van der Waals surface area contributed by atoms with Crippen LogP contribution in [0.25, 0.3) is 0 Å². The Bertz CT molecular complexity index is 352. The molecule has 0 fully saturated rings. The summed E-state index contributed by atoms with van der Waals surface area (Å²) in [5.74, 6) is -1.10. The summed E-state index contributed by atoms with van der Waals surface area (Å²) in [6.07, 6.45) is 0.0777. The van der Waals surface area contributed by atoms with Crippen molar-refractivity contribution in [1.82, 2.24) is 5.32 Å². The lowest BCUT2D eigenvalue weighted by atomic mass is 10.1. The van der Waals surface area contributed by atoms with Gasteiger partial charge in [0.25, 0.3) is 0 Å². The molecular weight excluding hydrogens is 197 g/mol. The molecule has 1 aromatic carbocycles. The first-order chi connectivity index (χ1) is 7.09. The second-order valence-corrected chi connectivity index (χ2v) is 3.39. The van der Waals surface area contributed by atoms with Crippen LogP contribution in [-0.4, -0.2) is 17.6 Å². The van der Waals surface area contributed by atoms with Crippen molar-refractivity contribution >= 4 is 5.97 Å². The Morgan fingerprint density at radius 1 is 1.53 bits per heavy atom.